The van der Waals surface area contributed by atoms with Crippen molar-refractivity contribution in [3.05, 3.63) is 40.1 Å². The number of aliphatic hydroxyl groups excluding tert-OH is 1. The molecule has 1 aliphatic carbocycles. The van der Waals surface area contributed by atoms with Crippen LogP contribution in [0.1, 0.15) is 48.4 Å². The van der Waals surface area contributed by atoms with E-state index in [1.165, 1.54) is 11.1 Å². The van der Waals surface area contributed by atoms with Crippen LogP contribution in [-0.2, 0) is 20.7 Å². The molecule has 3 rings (SSSR count). The molecular weight excluding hydrogens is 328 g/mol. The highest BCUT2D eigenvalue weighted by atomic mass is 16.5. The predicted molar refractivity (Wildman–Crippen MR) is 102 cm³/mol. The number of benzene rings is 1. The van der Waals surface area contributed by atoms with Crippen LogP contribution in [0.4, 0.5) is 0 Å². The molecule has 1 aromatic carbocycles. The molecule has 1 fully saturated rings. The summed E-state index contributed by atoms with van der Waals surface area (Å²) in [4.78, 5) is 13.3. The lowest BCUT2D eigenvalue weighted by Gasteiger charge is -2.30. The molecule has 2 aliphatic rings. The Hall–Kier alpha value is -1.65. The summed E-state index contributed by atoms with van der Waals surface area (Å²) in [5.41, 5.74) is 5.15. The van der Waals surface area contributed by atoms with Gasteiger partial charge in [0.15, 0.2) is 5.78 Å². The van der Waals surface area contributed by atoms with E-state index in [0.29, 0.717) is 31.0 Å². The molecule has 0 amide bonds. The Morgan fingerprint density at radius 2 is 1.96 bits per heavy atom. The Morgan fingerprint density at radius 3 is 2.58 bits per heavy atom. The highest BCUT2D eigenvalue weighted by Crippen LogP contribution is 2.42. The van der Waals surface area contributed by atoms with E-state index in [2.05, 4.69) is 32.9 Å². The van der Waals surface area contributed by atoms with E-state index in [1.807, 2.05) is 0 Å². The minimum absolute atomic E-state index is 0.0301. The number of aryl methyl sites for hydroxylation is 3. The van der Waals surface area contributed by atoms with Gasteiger partial charge in [-0.3, -0.25) is 4.79 Å². The maximum absolute atomic E-state index is 13.3. The van der Waals surface area contributed by atoms with E-state index >= 15 is 0 Å². The standard InChI is InChI=1S/C22H30O4/c1-5-15-11-13(2)10-14(3)19(15)20-18(25-4)12-17(22(20)24)21(23)16-6-8-26-9-7-16/h10-11,16-17,21,23H,5-9,12H2,1-4H3. The number of ketones is 1. The number of ether oxygens (including phenoxy) is 2. The summed E-state index contributed by atoms with van der Waals surface area (Å²) >= 11 is 0. The van der Waals surface area contributed by atoms with Crippen molar-refractivity contribution in [3.63, 3.8) is 0 Å². The fourth-order valence-electron chi connectivity index (χ4n) is 4.52. The van der Waals surface area contributed by atoms with E-state index in [0.717, 1.165) is 30.4 Å². The summed E-state index contributed by atoms with van der Waals surface area (Å²) in [7, 11) is 1.63. The normalized spacial score (nSPS) is 22.8. The highest BCUT2D eigenvalue weighted by molar-refractivity contribution is 6.25. The molecule has 4 nitrogen and oxygen atoms in total. The first-order valence-corrected chi connectivity index (χ1v) is 9.65. The zero-order valence-electron chi connectivity index (χ0n) is 16.3. The maximum Gasteiger partial charge on any atom is 0.172 e. The van der Waals surface area contributed by atoms with Gasteiger partial charge in [0.1, 0.15) is 5.76 Å². The third kappa shape index (κ3) is 3.45. The lowest BCUT2D eigenvalue weighted by atomic mass is 9.82. The van der Waals surface area contributed by atoms with Crippen molar-refractivity contribution in [2.24, 2.45) is 11.8 Å². The smallest absolute Gasteiger partial charge is 0.172 e. The topological polar surface area (TPSA) is 55.8 Å². The summed E-state index contributed by atoms with van der Waals surface area (Å²) in [6.07, 6.45) is 2.34. The molecule has 2 unspecified atom stereocenters. The number of carbonyl (C=O) groups is 1. The first-order valence-electron chi connectivity index (χ1n) is 9.65. The lowest BCUT2D eigenvalue weighted by Crippen LogP contribution is -2.36. The van der Waals surface area contributed by atoms with Crippen molar-refractivity contribution < 1.29 is 19.4 Å². The maximum atomic E-state index is 13.3. The van der Waals surface area contributed by atoms with Gasteiger partial charge in [0, 0.05) is 19.6 Å². The fourth-order valence-corrected chi connectivity index (χ4v) is 4.52. The van der Waals surface area contributed by atoms with Gasteiger partial charge < -0.3 is 14.6 Å². The number of hydrogen-bond acceptors (Lipinski definition) is 4. The largest absolute Gasteiger partial charge is 0.500 e. The van der Waals surface area contributed by atoms with Crippen molar-refractivity contribution in [2.45, 2.75) is 52.6 Å². The zero-order chi connectivity index (χ0) is 18.8. The predicted octanol–water partition coefficient (Wildman–Crippen LogP) is 3.60. The molecule has 26 heavy (non-hydrogen) atoms. The molecule has 2 atom stereocenters. The second kappa shape index (κ2) is 7.93. The number of carbonyl (C=O) groups excluding carboxylic acids is 1. The van der Waals surface area contributed by atoms with Crippen LogP contribution in [-0.4, -0.2) is 37.3 Å². The minimum Gasteiger partial charge on any atom is -0.500 e. The molecule has 1 N–H and O–H groups in total. The highest BCUT2D eigenvalue weighted by Gasteiger charge is 2.42. The number of hydrogen-bond donors (Lipinski definition) is 1. The Balaban J connectivity index is 1.96. The third-order valence-corrected chi connectivity index (χ3v) is 5.87. The van der Waals surface area contributed by atoms with Gasteiger partial charge in [-0.1, -0.05) is 24.6 Å². The van der Waals surface area contributed by atoms with E-state index in [4.69, 9.17) is 9.47 Å². The van der Waals surface area contributed by atoms with Crippen LogP contribution in [0.15, 0.2) is 17.9 Å². The van der Waals surface area contributed by atoms with Gasteiger partial charge in [-0.05, 0) is 55.7 Å². The van der Waals surface area contributed by atoms with Gasteiger partial charge in [0.2, 0.25) is 0 Å². The van der Waals surface area contributed by atoms with Crippen molar-refractivity contribution in [1.82, 2.24) is 0 Å². The van der Waals surface area contributed by atoms with Gasteiger partial charge in [-0.25, -0.2) is 0 Å². The van der Waals surface area contributed by atoms with Crippen LogP contribution in [0.3, 0.4) is 0 Å². The van der Waals surface area contributed by atoms with Crippen LogP contribution >= 0.6 is 0 Å². The van der Waals surface area contributed by atoms with E-state index < -0.39 is 12.0 Å². The van der Waals surface area contributed by atoms with E-state index in [9.17, 15) is 9.90 Å². The van der Waals surface area contributed by atoms with Crippen LogP contribution in [0.2, 0.25) is 0 Å². The van der Waals surface area contributed by atoms with Gasteiger partial charge in [0.25, 0.3) is 0 Å². The van der Waals surface area contributed by atoms with Crippen molar-refractivity contribution in [2.75, 3.05) is 20.3 Å². The second-order valence-electron chi connectivity index (χ2n) is 7.59. The molecule has 0 spiro atoms. The molecule has 1 saturated heterocycles. The number of Topliss-reactive ketones (excluding diaryl/α,β-unsaturated/α-hetero) is 1. The second-order valence-corrected chi connectivity index (χ2v) is 7.59. The summed E-state index contributed by atoms with van der Waals surface area (Å²) in [5, 5.41) is 10.9. The molecule has 1 aliphatic heterocycles. The minimum atomic E-state index is -0.634. The molecular formula is C22H30O4. The molecule has 142 valence electrons. The van der Waals surface area contributed by atoms with Crippen molar-refractivity contribution in [3.8, 4) is 0 Å². The van der Waals surface area contributed by atoms with Crippen LogP contribution in [0.5, 0.6) is 0 Å². The number of aliphatic hydroxyl groups is 1. The Morgan fingerprint density at radius 1 is 1.27 bits per heavy atom. The number of rotatable bonds is 5. The zero-order valence-corrected chi connectivity index (χ0v) is 16.3. The molecule has 0 bridgehead atoms. The molecule has 1 heterocycles. The van der Waals surface area contributed by atoms with Crippen molar-refractivity contribution >= 4 is 11.4 Å². The van der Waals surface area contributed by atoms with Gasteiger partial charge >= 0.3 is 0 Å². The Bertz CT molecular complexity index is 713. The van der Waals surface area contributed by atoms with Gasteiger partial charge in [0.05, 0.1) is 24.7 Å². The van der Waals surface area contributed by atoms with Crippen LogP contribution in [0.25, 0.3) is 5.57 Å². The summed E-state index contributed by atoms with van der Waals surface area (Å²) in [6.45, 7) is 7.57. The molecule has 0 aromatic heterocycles. The summed E-state index contributed by atoms with van der Waals surface area (Å²) in [6, 6.07) is 4.27. The van der Waals surface area contributed by atoms with Gasteiger partial charge in [-0.15, -0.1) is 0 Å². The fraction of sp³-hybridized carbons (Fsp3) is 0.591. The monoisotopic (exact) mass is 358 g/mol. The van der Waals surface area contributed by atoms with Crippen molar-refractivity contribution in [1.29, 1.82) is 0 Å². The van der Waals surface area contributed by atoms with E-state index in [-0.39, 0.29) is 11.7 Å². The average molecular weight is 358 g/mol. The molecule has 0 saturated carbocycles. The Labute approximate surface area is 156 Å². The number of allylic oxidation sites excluding steroid dienone is 2. The van der Waals surface area contributed by atoms with Gasteiger partial charge in [-0.2, -0.15) is 0 Å². The first kappa shape index (κ1) is 19.1. The van der Waals surface area contributed by atoms with Crippen LogP contribution in [0, 0.1) is 25.7 Å². The van der Waals surface area contributed by atoms with E-state index in [1.54, 1.807) is 7.11 Å². The molecule has 0 radical (unpaired) electrons. The van der Waals surface area contributed by atoms with Crippen LogP contribution < -0.4 is 0 Å². The lowest BCUT2D eigenvalue weighted by molar-refractivity contribution is -0.122. The first-order chi connectivity index (χ1) is 12.5. The summed E-state index contributed by atoms with van der Waals surface area (Å²) < 4.78 is 11.0. The SMILES string of the molecule is CCc1cc(C)cc(C)c1C1=C(OC)CC(C(O)C2CCOCC2)C1=O. The number of methoxy groups -OCH3 is 1. The summed E-state index contributed by atoms with van der Waals surface area (Å²) in [5.74, 6) is 0.462. The Kier molecular flexibility index (Phi) is 5.83. The molecule has 4 heteroatoms. The average Bonchev–Trinajstić information content (AvgIpc) is 2.97. The third-order valence-electron chi connectivity index (χ3n) is 5.87. The molecule has 1 aromatic rings. The quantitative estimate of drug-likeness (QED) is 0.874.